The van der Waals surface area contributed by atoms with Gasteiger partial charge >= 0.3 is 0 Å². The molecule has 0 aliphatic heterocycles. The summed E-state index contributed by atoms with van der Waals surface area (Å²) in [6.45, 7) is 1.54. The predicted octanol–water partition coefficient (Wildman–Crippen LogP) is 2.65. The molecule has 1 aromatic heterocycles. The Morgan fingerprint density at radius 3 is 3.00 bits per heavy atom. The smallest absolute Gasteiger partial charge is 0.0948 e. The van der Waals surface area contributed by atoms with Crippen LogP contribution in [0.3, 0.4) is 0 Å². The van der Waals surface area contributed by atoms with Crippen molar-refractivity contribution < 1.29 is 0 Å². The van der Waals surface area contributed by atoms with Gasteiger partial charge in [0.15, 0.2) is 0 Å². The van der Waals surface area contributed by atoms with Crippen LogP contribution in [0.2, 0.25) is 5.02 Å². The summed E-state index contributed by atoms with van der Waals surface area (Å²) in [5.74, 6) is 0. The van der Waals surface area contributed by atoms with Crippen LogP contribution >= 0.6 is 11.6 Å². The van der Waals surface area contributed by atoms with Gasteiger partial charge in [-0.05, 0) is 37.2 Å². The topological polar surface area (TPSA) is 50.9 Å². The summed E-state index contributed by atoms with van der Waals surface area (Å²) in [5.41, 5.74) is 7.37. The van der Waals surface area contributed by atoms with Crippen molar-refractivity contribution in [3.63, 3.8) is 0 Å². The van der Waals surface area contributed by atoms with E-state index in [9.17, 15) is 0 Å². The minimum atomic E-state index is 0.686. The number of benzene rings is 1. The monoisotopic (exact) mass is 235 g/mol. The first kappa shape index (κ1) is 11.2. The molecule has 0 aliphatic carbocycles. The zero-order valence-corrected chi connectivity index (χ0v) is 9.67. The number of rotatable bonds is 4. The molecule has 16 heavy (non-hydrogen) atoms. The molecular formula is C12H14ClN3. The van der Waals surface area contributed by atoms with E-state index in [4.69, 9.17) is 17.3 Å². The van der Waals surface area contributed by atoms with Gasteiger partial charge in [-0.3, -0.25) is 4.98 Å². The van der Waals surface area contributed by atoms with Gasteiger partial charge in [-0.25, -0.2) is 0 Å². The molecule has 3 nitrogen and oxygen atoms in total. The summed E-state index contributed by atoms with van der Waals surface area (Å²) >= 11 is 6.10. The Balaban J connectivity index is 2.35. The quantitative estimate of drug-likeness (QED) is 0.801. The fourth-order valence-corrected chi connectivity index (χ4v) is 1.82. The van der Waals surface area contributed by atoms with E-state index in [1.807, 2.05) is 24.3 Å². The molecule has 1 heterocycles. The van der Waals surface area contributed by atoms with Crippen LogP contribution in [0.1, 0.15) is 6.42 Å². The number of nitrogens with two attached hydrogens (primary N) is 1. The highest BCUT2D eigenvalue weighted by molar-refractivity contribution is 6.35. The number of anilines is 1. The number of fused-ring (bicyclic) bond motifs is 1. The highest BCUT2D eigenvalue weighted by Crippen LogP contribution is 2.27. The molecule has 84 valence electrons. The van der Waals surface area contributed by atoms with Crippen LogP contribution in [0.15, 0.2) is 30.5 Å². The van der Waals surface area contributed by atoms with Crippen molar-refractivity contribution in [2.24, 2.45) is 5.73 Å². The van der Waals surface area contributed by atoms with Crippen molar-refractivity contribution in [3.05, 3.63) is 35.5 Å². The highest BCUT2D eigenvalue weighted by Gasteiger charge is 2.04. The fraction of sp³-hybridized carbons (Fsp3) is 0.250. The van der Waals surface area contributed by atoms with Crippen LogP contribution in [-0.2, 0) is 0 Å². The zero-order chi connectivity index (χ0) is 11.4. The molecule has 1 aromatic carbocycles. The summed E-state index contributed by atoms with van der Waals surface area (Å²) in [5, 5.41) is 5.02. The lowest BCUT2D eigenvalue weighted by atomic mass is 10.2. The van der Waals surface area contributed by atoms with E-state index in [-0.39, 0.29) is 0 Å². The van der Waals surface area contributed by atoms with Crippen molar-refractivity contribution in [2.45, 2.75) is 6.42 Å². The second-order valence-corrected chi connectivity index (χ2v) is 3.97. The maximum Gasteiger partial charge on any atom is 0.0948 e. The Morgan fingerprint density at radius 1 is 1.31 bits per heavy atom. The predicted molar refractivity (Wildman–Crippen MR) is 68.9 cm³/mol. The van der Waals surface area contributed by atoms with Crippen LogP contribution in [0.4, 0.5) is 5.69 Å². The van der Waals surface area contributed by atoms with Gasteiger partial charge in [-0.1, -0.05) is 11.6 Å². The third-order valence-corrected chi connectivity index (χ3v) is 2.74. The van der Waals surface area contributed by atoms with Gasteiger partial charge in [0.25, 0.3) is 0 Å². The molecule has 0 saturated heterocycles. The molecule has 0 atom stereocenters. The molecule has 0 spiro atoms. The Kier molecular flexibility index (Phi) is 3.59. The van der Waals surface area contributed by atoms with Gasteiger partial charge in [0.05, 0.1) is 16.2 Å². The van der Waals surface area contributed by atoms with Crippen LogP contribution < -0.4 is 11.1 Å². The molecule has 3 N–H and O–H groups in total. The molecule has 0 bridgehead atoms. The summed E-state index contributed by atoms with van der Waals surface area (Å²) in [6, 6.07) is 7.70. The average molecular weight is 236 g/mol. The zero-order valence-electron chi connectivity index (χ0n) is 8.91. The van der Waals surface area contributed by atoms with Crippen molar-refractivity contribution in [2.75, 3.05) is 18.4 Å². The Bertz CT molecular complexity index is 485. The third-order valence-electron chi connectivity index (χ3n) is 2.41. The number of nitrogens with one attached hydrogen (secondary N) is 1. The second kappa shape index (κ2) is 5.14. The number of aromatic nitrogens is 1. The van der Waals surface area contributed by atoms with E-state index in [2.05, 4.69) is 10.3 Å². The molecule has 2 rings (SSSR count). The van der Waals surface area contributed by atoms with E-state index in [0.29, 0.717) is 6.54 Å². The number of hydrogen-bond donors (Lipinski definition) is 2. The summed E-state index contributed by atoms with van der Waals surface area (Å²) < 4.78 is 0. The van der Waals surface area contributed by atoms with Gasteiger partial charge in [-0.15, -0.1) is 0 Å². The number of halogens is 1. The first-order chi connectivity index (χ1) is 7.83. The standard InChI is InChI=1S/C12H14ClN3/c13-10-4-5-11(15-8-2-6-14)12-9(10)3-1-7-16-12/h1,3-5,7,15H,2,6,8,14H2. The molecule has 0 radical (unpaired) electrons. The lowest BCUT2D eigenvalue weighted by Gasteiger charge is -2.09. The molecule has 0 saturated carbocycles. The van der Waals surface area contributed by atoms with E-state index in [1.54, 1.807) is 6.20 Å². The molecular weight excluding hydrogens is 222 g/mol. The number of nitrogens with zero attached hydrogens (tertiary/aromatic N) is 1. The minimum absolute atomic E-state index is 0.686. The van der Waals surface area contributed by atoms with Gasteiger partial charge < -0.3 is 11.1 Å². The van der Waals surface area contributed by atoms with Crippen molar-refractivity contribution in [3.8, 4) is 0 Å². The Labute approximate surface area is 99.6 Å². The SMILES string of the molecule is NCCCNc1ccc(Cl)c2cccnc12. The Morgan fingerprint density at radius 2 is 2.19 bits per heavy atom. The Hall–Kier alpha value is -1.32. The number of pyridine rings is 1. The first-order valence-corrected chi connectivity index (χ1v) is 5.68. The largest absolute Gasteiger partial charge is 0.383 e. The molecule has 4 heteroatoms. The minimum Gasteiger partial charge on any atom is -0.383 e. The molecule has 0 fully saturated rings. The summed E-state index contributed by atoms with van der Waals surface area (Å²) in [6.07, 6.45) is 2.71. The normalized spacial score (nSPS) is 10.6. The second-order valence-electron chi connectivity index (χ2n) is 3.56. The number of hydrogen-bond acceptors (Lipinski definition) is 3. The van der Waals surface area contributed by atoms with Crippen LogP contribution in [0.25, 0.3) is 10.9 Å². The van der Waals surface area contributed by atoms with Crippen molar-refractivity contribution in [1.82, 2.24) is 4.98 Å². The maximum absolute atomic E-state index is 6.10. The van der Waals surface area contributed by atoms with Crippen LogP contribution in [0.5, 0.6) is 0 Å². The lowest BCUT2D eigenvalue weighted by molar-refractivity contribution is 0.875. The first-order valence-electron chi connectivity index (χ1n) is 5.30. The van der Waals surface area contributed by atoms with E-state index < -0.39 is 0 Å². The molecule has 2 aromatic rings. The van der Waals surface area contributed by atoms with Crippen LogP contribution in [0, 0.1) is 0 Å². The van der Waals surface area contributed by atoms with Gasteiger partial charge in [0.1, 0.15) is 0 Å². The fourth-order valence-electron chi connectivity index (χ4n) is 1.61. The third kappa shape index (κ3) is 2.26. The summed E-state index contributed by atoms with van der Waals surface area (Å²) in [4.78, 5) is 4.34. The summed E-state index contributed by atoms with van der Waals surface area (Å²) in [7, 11) is 0. The maximum atomic E-state index is 6.10. The van der Waals surface area contributed by atoms with Crippen molar-refractivity contribution >= 4 is 28.2 Å². The lowest BCUT2D eigenvalue weighted by Crippen LogP contribution is -2.08. The van der Waals surface area contributed by atoms with Crippen molar-refractivity contribution in [1.29, 1.82) is 0 Å². The molecule has 0 aliphatic rings. The van der Waals surface area contributed by atoms with Gasteiger partial charge in [-0.2, -0.15) is 0 Å². The molecule has 0 unspecified atom stereocenters. The van der Waals surface area contributed by atoms with Crippen LogP contribution in [-0.4, -0.2) is 18.1 Å². The highest BCUT2D eigenvalue weighted by atomic mass is 35.5. The molecule has 0 amide bonds. The van der Waals surface area contributed by atoms with E-state index >= 15 is 0 Å². The average Bonchev–Trinajstić information content (AvgIpc) is 2.33. The van der Waals surface area contributed by atoms with Gasteiger partial charge in [0, 0.05) is 18.1 Å². The van der Waals surface area contributed by atoms with E-state index in [0.717, 1.165) is 34.6 Å². The van der Waals surface area contributed by atoms with E-state index in [1.165, 1.54) is 0 Å². The van der Waals surface area contributed by atoms with Gasteiger partial charge in [0.2, 0.25) is 0 Å².